The monoisotopic (exact) mass is 387 g/mol. The van der Waals surface area contributed by atoms with Crippen LogP contribution in [0.25, 0.3) is 0 Å². The van der Waals surface area contributed by atoms with E-state index in [9.17, 15) is 9.90 Å². The standard InChI is InChI=1S/C23H33NO4/c1-14-18(8-7-17-11-16(25)12-20(26)27-17)22-19(13-23(3,4)28-22)15(2)21(14)24-9-5-6-10-24/h16-17,25H,5-13H2,1-4H3. The fraction of sp³-hybridized carbons (Fsp3) is 0.696. The number of carbonyl (C=O) groups is 1. The molecule has 1 N–H and O–H groups in total. The maximum atomic E-state index is 11.7. The Kier molecular flexibility index (Phi) is 5.07. The van der Waals surface area contributed by atoms with E-state index in [1.807, 2.05) is 0 Å². The van der Waals surface area contributed by atoms with Crippen LogP contribution in [-0.2, 0) is 22.4 Å². The lowest BCUT2D eigenvalue weighted by Crippen LogP contribution is -2.33. The Morgan fingerprint density at radius 3 is 2.57 bits per heavy atom. The third-order valence-electron chi connectivity index (χ3n) is 6.52. The molecule has 0 amide bonds. The maximum Gasteiger partial charge on any atom is 0.308 e. The number of aliphatic hydroxyl groups is 1. The molecule has 5 heteroatoms. The predicted molar refractivity (Wildman–Crippen MR) is 109 cm³/mol. The van der Waals surface area contributed by atoms with E-state index >= 15 is 0 Å². The molecular formula is C23H33NO4. The number of benzene rings is 1. The Balaban J connectivity index is 1.67. The molecule has 4 rings (SSSR count). The van der Waals surface area contributed by atoms with E-state index in [2.05, 4.69) is 32.6 Å². The maximum absolute atomic E-state index is 11.7. The van der Waals surface area contributed by atoms with Crippen molar-refractivity contribution in [3.8, 4) is 5.75 Å². The highest BCUT2D eigenvalue weighted by Crippen LogP contribution is 2.47. The van der Waals surface area contributed by atoms with Crippen LogP contribution in [0.5, 0.6) is 5.75 Å². The van der Waals surface area contributed by atoms with Gasteiger partial charge in [-0.05, 0) is 70.1 Å². The lowest BCUT2D eigenvalue weighted by atomic mass is 9.89. The Bertz CT molecular complexity index is 780. The van der Waals surface area contributed by atoms with Gasteiger partial charge in [0.15, 0.2) is 0 Å². The molecule has 28 heavy (non-hydrogen) atoms. The van der Waals surface area contributed by atoms with Crippen LogP contribution in [0.3, 0.4) is 0 Å². The van der Waals surface area contributed by atoms with Crippen molar-refractivity contribution < 1.29 is 19.4 Å². The number of fused-ring (bicyclic) bond motifs is 1. The van der Waals surface area contributed by atoms with Gasteiger partial charge in [-0.1, -0.05) is 0 Å². The van der Waals surface area contributed by atoms with Crippen LogP contribution in [0, 0.1) is 13.8 Å². The molecule has 1 aromatic carbocycles. The molecule has 2 saturated heterocycles. The Morgan fingerprint density at radius 2 is 1.89 bits per heavy atom. The number of hydrogen-bond acceptors (Lipinski definition) is 5. The minimum absolute atomic E-state index is 0.117. The number of nitrogens with zero attached hydrogens (tertiary/aromatic N) is 1. The van der Waals surface area contributed by atoms with Gasteiger partial charge in [-0.3, -0.25) is 4.79 Å². The number of cyclic esters (lactones) is 1. The molecule has 0 radical (unpaired) electrons. The van der Waals surface area contributed by atoms with Crippen LogP contribution in [0.15, 0.2) is 0 Å². The molecule has 5 nitrogen and oxygen atoms in total. The van der Waals surface area contributed by atoms with Crippen LogP contribution < -0.4 is 9.64 Å². The molecule has 0 spiro atoms. The molecule has 3 aliphatic heterocycles. The Hall–Kier alpha value is -1.75. The molecule has 2 atom stereocenters. The molecule has 0 bridgehead atoms. The number of ether oxygens (including phenoxy) is 2. The molecule has 0 aromatic heterocycles. The minimum Gasteiger partial charge on any atom is -0.487 e. The SMILES string of the molecule is Cc1c(CCC2CC(O)CC(=O)O2)c2c(c(C)c1N1CCCC1)CC(C)(C)O2. The van der Waals surface area contributed by atoms with Crippen molar-refractivity contribution in [2.75, 3.05) is 18.0 Å². The fourth-order valence-electron chi connectivity index (χ4n) is 5.22. The van der Waals surface area contributed by atoms with Crippen LogP contribution in [0.2, 0.25) is 0 Å². The summed E-state index contributed by atoms with van der Waals surface area (Å²) in [7, 11) is 0. The van der Waals surface area contributed by atoms with E-state index in [-0.39, 0.29) is 24.1 Å². The lowest BCUT2D eigenvalue weighted by Gasteiger charge is -2.29. The van der Waals surface area contributed by atoms with Crippen LogP contribution in [0.4, 0.5) is 5.69 Å². The largest absolute Gasteiger partial charge is 0.487 e. The zero-order chi connectivity index (χ0) is 20.1. The van der Waals surface area contributed by atoms with Crippen molar-refractivity contribution in [2.24, 2.45) is 0 Å². The highest BCUT2D eigenvalue weighted by molar-refractivity contribution is 5.71. The molecule has 0 saturated carbocycles. The smallest absolute Gasteiger partial charge is 0.308 e. The number of anilines is 1. The highest BCUT2D eigenvalue weighted by Gasteiger charge is 2.37. The van der Waals surface area contributed by atoms with E-state index in [1.54, 1.807) is 0 Å². The third kappa shape index (κ3) is 3.61. The molecule has 3 heterocycles. The second-order valence-electron chi connectivity index (χ2n) is 9.36. The fourth-order valence-corrected chi connectivity index (χ4v) is 5.22. The molecular weight excluding hydrogens is 354 g/mol. The first-order valence-electron chi connectivity index (χ1n) is 10.7. The van der Waals surface area contributed by atoms with Crippen molar-refractivity contribution in [3.63, 3.8) is 0 Å². The van der Waals surface area contributed by atoms with Crippen molar-refractivity contribution in [2.45, 2.75) is 90.4 Å². The highest BCUT2D eigenvalue weighted by atomic mass is 16.5. The Morgan fingerprint density at radius 1 is 1.18 bits per heavy atom. The zero-order valence-corrected chi connectivity index (χ0v) is 17.6. The van der Waals surface area contributed by atoms with Gasteiger partial charge in [-0.15, -0.1) is 0 Å². The summed E-state index contributed by atoms with van der Waals surface area (Å²) in [4.78, 5) is 14.2. The van der Waals surface area contributed by atoms with Crippen molar-refractivity contribution in [1.82, 2.24) is 0 Å². The van der Waals surface area contributed by atoms with Crippen molar-refractivity contribution in [1.29, 1.82) is 0 Å². The molecule has 0 aliphatic carbocycles. The van der Waals surface area contributed by atoms with E-state index in [4.69, 9.17) is 9.47 Å². The number of carbonyl (C=O) groups excluding carboxylic acids is 1. The molecule has 2 unspecified atom stereocenters. The van der Waals surface area contributed by atoms with Crippen LogP contribution in [0.1, 0.15) is 68.2 Å². The Labute approximate surface area is 168 Å². The summed E-state index contributed by atoms with van der Waals surface area (Å²) in [6, 6.07) is 0. The summed E-state index contributed by atoms with van der Waals surface area (Å²) >= 11 is 0. The minimum atomic E-state index is -0.577. The normalized spacial score (nSPS) is 26.2. The quantitative estimate of drug-likeness (QED) is 0.800. The second-order valence-corrected chi connectivity index (χ2v) is 9.36. The first-order valence-corrected chi connectivity index (χ1v) is 10.7. The van der Waals surface area contributed by atoms with Gasteiger partial charge >= 0.3 is 5.97 Å². The van der Waals surface area contributed by atoms with Gasteiger partial charge in [0.1, 0.15) is 17.5 Å². The average molecular weight is 388 g/mol. The van der Waals surface area contributed by atoms with Gasteiger partial charge in [-0.25, -0.2) is 0 Å². The van der Waals surface area contributed by atoms with Gasteiger partial charge in [0.2, 0.25) is 0 Å². The molecule has 2 fully saturated rings. The van der Waals surface area contributed by atoms with Gasteiger partial charge in [0.05, 0.1) is 12.5 Å². The van der Waals surface area contributed by atoms with Crippen molar-refractivity contribution in [3.05, 3.63) is 22.3 Å². The van der Waals surface area contributed by atoms with Crippen molar-refractivity contribution >= 4 is 11.7 Å². The molecule has 154 valence electrons. The lowest BCUT2D eigenvalue weighted by molar-refractivity contribution is -0.160. The molecule has 3 aliphatic rings. The van der Waals surface area contributed by atoms with E-state index in [0.29, 0.717) is 6.42 Å². The number of hydrogen-bond donors (Lipinski definition) is 1. The van der Waals surface area contributed by atoms with Gasteiger partial charge < -0.3 is 19.5 Å². The van der Waals surface area contributed by atoms with E-state index in [0.717, 1.165) is 38.1 Å². The summed E-state index contributed by atoms with van der Waals surface area (Å²) in [5.74, 6) is 0.760. The third-order valence-corrected chi connectivity index (χ3v) is 6.52. The van der Waals surface area contributed by atoms with Crippen LogP contribution >= 0.6 is 0 Å². The van der Waals surface area contributed by atoms with Gasteiger partial charge in [0.25, 0.3) is 0 Å². The zero-order valence-electron chi connectivity index (χ0n) is 17.6. The summed E-state index contributed by atoms with van der Waals surface area (Å²) in [5, 5.41) is 9.92. The topological polar surface area (TPSA) is 59.0 Å². The van der Waals surface area contributed by atoms with Gasteiger partial charge in [0, 0.05) is 37.2 Å². The first kappa shape index (κ1) is 19.6. The second kappa shape index (κ2) is 7.25. The molecule has 1 aromatic rings. The van der Waals surface area contributed by atoms with E-state index in [1.165, 1.54) is 40.8 Å². The summed E-state index contributed by atoms with van der Waals surface area (Å²) in [6.45, 7) is 11.0. The van der Waals surface area contributed by atoms with Crippen LogP contribution in [-0.4, -0.2) is 42.0 Å². The number of aliphatic hydroxyl groups excluding tert-OH is 1. The van der Waals surface area contributed by atoms with Gasteiger partial charge in [-0.2, -0.15) is 0 Å². The summed E-state index contributed by atoms with van der Waals surface area (Å²) in [5.41, 5.74) is 6.46. The average Bonchev–Trinajstić information content (AvgIpc) is 3.21. The predicted octanol–water partition coefficient (Wildman–Crippen LogP) is 3.62. The van der Waals surface area contributed by atoms with E-state index < -0.39 is 6.10 Å². The number of rotatable bonds is 4. The first-order chi connectivity index (χ1) is 13.2. The summed E-state index contributed by atoms with van der Waals surface area (Å²) < 4.78 is 11.9. The summed E-state index contributed by atoms with van der Waals surface area (Å²) in [6.07, 6.45) is 4.82. The number of esters is 1.